The summed E-state index contributed by atoms with van der Waals surface area (Å²) in [5.41, 5.74) is 1.29. The Bertz CT molecular complexity index is 445. The first-order valence-corrected chi connectivity index (χ1v) is 7.59. The topological polar surface area (TPSA) is 44.8 Å². The Kier molecular flexibility index (Phi) is 8.24. The Morgan fingerprint density at radius 2 is 1.82 bits per heavy atom. The molecule has 6 heteroatoms. The predicted octanol–water partition coefficient (Wildman–Crippen LogP) is 1.37. The summed E-state index contributed by atoms with van der Waals surface area (Å²) in [6.45, 7) is 7.55. The normalized spacial score (nSPS) is 15.3. The highest BCUT2D eigenvalue weighted by Crippen LogP contribution is 2.14. The smallest absolute Gasteiger partial charge is 0.236 e. The molecule has 1 fully saturated rings. The van der Waals surface area contributed by atoms with Gasteiger partial charge in [-0.2, -0.15) is 0 Å². The average Bonchev–Trinajstić information content (AvgIpc) is 2.50. The van der Waals surface area contributed by atoms with Gasteiger partial charge in [-0.3, -0.25) is 9.69 Å². The first kappa shape index (κ1) is 18.7. The summed E-state index contributed by atoms with van der Waals surface area (Å²) in [6, 6.07) is 8.27. The van der Waals surface area contributed by atoms with Gasteiger partial charge >= 0.3 is 0 Å². The molecular formula is C16H26ClN3O2. The van der Waals surface area contributed by atoms with E-state index in [1.165, 1.54) is 5.56 Å². The second kappa shape index (κ2) is 9.66. The third kappa shape index (κ3) is 5.48. The standard InChI is InChI=1S/C16H25N3O2.ClH/c1-3-21-15-6-4-14(5-7-15)13-18-8-10-19(11-9-18)16(20)12-17-2;/h4-7,17H,3,8-13H2,1-2H3;1H. The maximum Gasteiger partial charge on any atom is 0.236 e. The molecule has 1 amide bonds. The number of benzene rings is 1. The predicted molar refractivity (Wildman–Crippen MR) is 90.6 cm³/mol. The molecule has 5 nitrogen and oxygen atoms in total. The van der Waals surface area contributed by atoms with Gasteiger partial charge < -0.3 is 15.0 Å². The first-order chi connectivity index (χ1) is 10.2. The summed E-state index contributed by atoms with van der Waals surface area (Å²) >= 11 is 0. The van der Waals surface area contributed by atoms with E-state index in [0.29, 0.717) is 13.2 Å². The van der Waals surface area contributed by atoms with Crippen LogP contribution in [-0.4, -0.2) is 62.1 Å². The van der Waals surface area contributed by atoms with Gasteiger partial charge in [0.25, 0.3) is 0 Å². The molecule has 1 N–H and O–H groups in total. The van der Waals surface area contributed by atoms with Crippen LogP contribution < -0.4 is 10.1 Å². The average molecular weight is 328 g/mol. The van der Waals surface area contributed by atoms with E-state index in [0.717, 1.165) is 38.5 Å². The number of ether oxygens (including phenoxy) is 1. The van der Waals surface area contributed by atoms with Crippen LogP contribution in [0.5, 0.6) is 5.75 Å². The lowest BCUT2D eigenvalue weighted by Gasteiger charge is -2.34. The molecule has 1 aliphatic rings. The highest BCUT2D eigenvalue weighted by atomic mass is 35.5. The molecule has 1 saturated heterocycles. The van der Waals surface area contributed by atoms with Gasteiger partial charge in [0, 0.05) is 32.7 Å². The summed E-state index contributed by atoms with van der Waals surface area (Å²) in [4.78, 5) is 16.1. The van der Waals surface area contributed by atoms with E-state index in [1.807, 2.05) is 24.0 Å². The minimum absolute atomic E-state index is 0. The summed E-state index contributed by atoms with van der Waals surface area (Å²) in [5, 5.41) is 2.91. The van der Waals surface area contributed by atoms with Crippen molar-refractivity contribution in [1.29, 1.82) is 0 Å². The SMILES string of the molecule is CCOc1ccc(CN2CCN(C(=O)CNC)CC2)cc1.Cl. The van der Waals surface area contributed by atoms with Crippen LogP contribution in [0.2, 0.25) is 0 Å². The molecule has 0 saturated carbocycles. The summed E-state index contributed by atoms with van der Waals surface area (Å²) < 4.78 is 5.45. The van der Waals surface area contributed by atoms with E-state index in [4.69, 9.17) is 4.74 Å². The fourth-order valence-corrected chi connectivity index (χ4v) is 2.53. The molecule has 1 heterocycles. The van der Waals surface area contributed by atoms with Crippen LogP contribution in [0.1, 0.15) is 12.5 Å². The number of carbonyl (C=O) groups excluding carboxylic acids is 1. The summed E-state index contributed by atoms with van der Waals surface area (Å²) in [7, 11) is 1.81. The number of amides is 1. The van der Waals surface area contributed by atoms with E-state index in [-0.39, 0.29) is 18.3 Å². The van der Waals surface area contributed by atoms with Gasteiger partial charge in [0.2, 0.25) is 5.91 Å². The molecule has 1 aromatic carbocycles. The molecule has 0 bridgehead atoms. The Morgan fingerprint density at radius 3 is 2.36 bits per heavy atom. The lowest BCUT2D eigenvalue weighted by Crippen LogP contribution is -2.50. The van der Waals surface area contributed by atoms with Crippen LogP contribution in [0.3, 0.4) is 0 Å². The second-order valence-electron chi connectivity index (χ2n) is 5.26. The van der Waals surface area contributed by atoms with E-state index in [2.05, 4.69) is 22.3 Å². The number of nitrogens with one attached hydrogen (secondary N) is 1. The maximum absolute atomic E-state index is 11.8. The third-order valence-corrected chi connectivity index (χ3v) is 3.69. The van der Waals surface area contributed by atoms with Gasteiger partial charge in [0.15, 0.2) is 0 Å². The molecule has 2 rings (SSSR count). The molecule has 1 aromatic rings. The number of halogens is 1. The Morgan fingerprint density at radius 1 is 1.18 bits per heavy atom. The van der Waals surface area contributed by atoms with Crippen molar-refractivity contribution >= 4 is 18.3 Å². The van der Waals surface area contributed by atoms with Crippen molar-refractivity contribution in [3.8, 4) is 5.75 Å². The molecule has 124 valence electrons. The summed E-state index contributed by atoms with van der Waals surface area (Å²) in [6.07, 6.45) is 0. The van der Waals surface area contributed by atoms with Gasteiger partial charge in [-0.15, -0.1) is 12.4 Å². The number of rotatable bonds is 6. The molecule has 0 unspecified atom stereocenters. The highest BCUT2D eigenvalue weighted by molar-refractivity contribution is 5.85. The van der Waals surface area contributed by atoms with E-state index < -0.39 is 0 Å². The Balaban J connectivity index is 0.00000242. The highest BCUT2D eigenvalue weighted by Gasteiger charge is 2.20. The number of nitrogens with zero attached hydrogens (tertiary/aromatic N) is 2. The maximum atomic E-state index is 11.8. The Labute approximate surface area is 139 Å². The van der Waals surface area contributed by atoms with Crippen molar-refractivity contribution in [2.75, 3.05) is 46.4 Å². The van der Waals surface area contributed by atoms with Crippen LogP contribution in [0.4, 0.5) is 0 Å². The molecule has 0 aromatic heterocycles. The number of carbonyl (C=O) groups is 1. The minimum Gasteiger partial charge on any atom is -0.494 e. The molecule has 0 aliphatic carbocycles. The van der Waals surface area contributed by atoms with Crippen molar-refractivity contribution < 1.29 is 9.53 Å². The zero-order valence-electron chi connectivity index (χ0n) is 13.4. The lowest BCUT2D eigenvalue weighted by atomic mass is 10.2. The van der Waals surface area contributed by atoms with Crippen molar-refractivity contribution in [2.45, 2.75) is 13.5 Å². The van der Waals surface area contributed by atoms with Crippen LogP contribution in [0.25, 0.3) is 0 Å². The number of likely N-dealkylation sites (N-methyl/N-ethyl adjacent to an activating group) is 1. The zero-order valence-corrected chi connectivity index (χ0v) is 14.2. The third-order valence-electron chi connectivity index (χ3n) is 3.69. The van der Waals surface area contributed by atoms with Gasteiger partial charge in [-0.05, 0) is 31.7 Å². The van der Waals surface area contributed by atoms with Crippen molar-refractivity contribution in [1.82, 2.24) is 15.1 Å². The van der Waals surface area contributed by atoms with E-state index in [9.17, 15) is 4.79 Å². The lowest BCUT2D eigenvalue weighted by molar-refractivity contribution is -0.131. The Hall–Kier alpha value is -1.30. The van der Waals surface area contributed by atoms with E-state index >= 15 is 0 Å². The zero-order chi connectivity index (χ0) is 15.1. The number of hydrogen-bond acceptors (Lipinski definition) is 4. The fraction of sp³-hybridized carbons (Fsp3) is 0.562. The van der Waals surface area contributed by atoms with Crippen molar-refractivity contribution in [3.05, 3.63) is 29.8 Å². The molecule has 0 radical (unpaired) electrons. The second-order valence-corrected chi connectivity index (χ2v) is 5.26. The van der Waals surface area contributed by atoms with Crippen LogP contribution in [0.15, 0.2) is 24.3 Å². The van der Waals surface area contributed by atoms with Gasteiger partial charge in [-0.1, -0.05) is 12.1 Å². The number of piperazine rings is 1. The molecule has 0 atom stereocenters. The molecule has 1 aliphatic heterocycles. The van der Waals surface area contributed by atoms with Crippen molar-refractivity contribution in [2.24, 2.45) is 0 Å². The molecule has 0 spiro atoms. The van der Waals surface area contributed by atoms with Gasteiger partial charge in [0.1, 0.15) is 5.75 Å². The monoisotopic (exact) mass is 327 g/mol. The molecule has 22 heavy (non-hydrogen) atoms. The van der Waals surface area contributed by atoms with Gasteiger partial charge in [-0.25, -0.2) is 0 Å². The van der Waals surface area contributed by atoms with Gasteiger partial charge in [0.05, 0.1) is 13.2 Å². The van der Waals surface area contributed by atoms with Crippen LogP contribution in [-0.2, 0) is 11.3 Å². The summed E-state index contributed by atoms with van der Waals surface area (Å²) in [5.74, 6) is 1.11. The van der Waals surface area contributed by atoms with Crippen molar-refractivity contribution in [3.63, 3.8) is 0 Å². The van der Waals surface area contributed by atoms with Crippen LogP contribution in [0, 0.1) is 0 Å². The largest absolute Gasteiger partial charge is 0.494 e. The van der Waals surface area contributed by atoms with Crippen LogP contribution >= 0.6 is 12.4 Å². The first-order valence-electron chi connectivity index (χ1n) is 7.59. The number of hydrogen-bond donors (Lipinski definition) is 1. The minimum atomic E-state index is 0. The molecular weight excluding hydrogens is 302 g/mol. The van der Waals surface area contributed by atoms with E-state index in [1.54, 1.807) is 7.05 Å². The quantitative estimate of drug-likeness (QED) is 0.857. The fourth-order valence-electron chi connectivity index (χ4n) is 2.53.